The fraction of sp³-hybridized carbons (Fsp3) is 0.167. The van der Waals surface area contributed by atoms with E-state index < -0.39 is 17.6 Å². The quantitative estimate of drug-likeness (QED) is 0.633. The maximum absolute atomic E-state index is 12.8. The lowest BCUT2D eigenvalue weighted by Gasteiger charge is -2.09. The van der Waals surface area contributed by atoms with Crippen LogP contribution in [0.2, 0.25) is 5.02 Å². The Morgan fingerprint density at radius 3 is 2.57 bits per heavy atom. The van der Waals surface area contributed by atoms with Gasteiger partial charge < -0.3 is 10.6 Å². The molecule has 2 N–H and O–H groups in total. The van der Waals surface area contributed by atoms with Crippen molar-refractivity contribution in [2.24, 2.45) is 0 Å². The lowest BCUT2D eigenvalue weighted by Crippen LogP contribution is -2.20. The van der Waals surface area contributed by atoms with Gasteiger partial charge in [0.2, 0.25) is 17.6 Å². The monoisotopic (exact) mass is 438 g/mol. The minimum atomic E-state index is -4.51. The molecule has 3 rings (SSSR count). The van der Waals surface area contributed by atoms with E-state index in [9.17, 15) is 22.8 Å². The van der Waals surface area contributed by atoms with Gasteiger partial charge >= 0.3 is 6.18 Å². The molecule has 12 heteroatoms. The molecule has 2 aromatic carbocycles. The van der Waals surface area contributed by atoms with E-state index in [-0.39, 0.29) is 29.0 Å². The SMILES string of the molecule is CC(=O)Nc1ccc(-c2nnn(CC(=O)Nc3cccc(C(F)(F)F)c3)n2)cc1Cl. The Labute approximate surface area is 173 Å². The molecule has 0 bridgehead atoms. The third-order valence-corrected chi connectivity index (χ3v) is 4.06. The Balaban J connectivity index is 1.68. The number of benzene rings is 2. The van der Waals surface area contributed by atoms with E-state index >= 15 is 0 Å². The Bertz CT molecular complexity index is 1100. The van der Waals surface area contributed by atoms with Crippen molar-refractivity contribution in [3.05, 3.63) is 53.1 Å². The predicted molar refractivity (Wildman–Crippen MR) is 103 cm³/mol. The number of aromatic nitrogens is 4. The van der Waals surface area contributed by atoms with Crippen LogP contribution in [0.1, 0.15) is 12.5 Å². The molecule has 2 amide bonds. The van der Waals surface area contributed by atoms with Crippen molar-refractivity contribution in [1.82, 2.24) is 20.2 Å². The van der Waals surface area contributed by atoms with Crippen LogP contribution >= 0.6 is 11.6 Å². The number of hydrogen-bond donors (Lipinski definition) is 2. The van der Waals surface area contributed by atoms with E-state index in [1.807, 2.05) is 0 Å². The van der Waals surface area contributed by atoms with Gasteiger partial charge in [-0.1, -0.05) is 17.7 Å². The van der Waals surface area contributed by atoms with Crippen LogP contribution in [0.4, 0.5) is 24.5 Å². The van der Waals surface area contributed by atoms with Gasteiger partial charge in [-0.25, -0.2) is 0 Å². The molecular weight excluding hydrogens is 425 g/mol. The summed E-state index contributed by atoms with van der Waals surface area (Å²) in [5, 5.41) is 16.8. The third-order valence-electron chi connectivity index (χ3n) is 3.75. The van der Waals surface area contributed by atoms with E-state index in [1.165, 1.54) is 25.1 Å². The smallest absolute Gasteiger partial charge is 0.325 e. The predicted octanol–water partition coefficient (Wildman–Crippen LogP) is 3.61. The summed E-state index contributed by atoms with van der Waals surface area (Å²) in [4.78, 5) is 24.2. The number of halogens is 4. The summed E-state index contributed by atoms with van der Waals surface area (Å²) in [6.07, 6.45) is -4.51. The molecule has 0 aliphatic heterocycles. The molecule has 1 aromatic heterocycles. The molecule has 0 unspecified atom stereocenters. The minimum Gasteiger partial charge on any atom is -0.325 e. The molecule has 1 heterocycles. The first-order chi connectivity index (χ1) is 14.1. The number of hydrogen-bond acceptors (Lipinski definition) is 5. The molecule has 3 aromatic rings. The summed E-state index contributed by atoms with van der Waals surface area (Å²) >= 11 is 6.11. The van der Waals surface area contributed by atoms with Gasteiger partial charge in [0.25, 0.3) is 0 Å². The highest BCUT2D eigenvalue weighted by Gasteiger charge is 2.30. The van der Waals surface area contributed by atoms with Gasteiger partial charge in [0, 0.05) is 18.2 Å². The molecule has 0 radical (unpaired) electrons. The minimum absolute atomic E-state index is 0.00416. The van der Waals surface area contributed by atoms with Crippen LogP contribution < -0.4 is 10.6 Å². The molecule has 30 heavy (non-hydrogen) atoms. The molecule has 8 nitrogen and oxygen atoms in total. The van der Waals surface area contributed by atoms with Crippen molar-refractivity contribution in [2.45, 2.75) is 19.6 Å². The van der Waals surface area contributed by atoms with Crippen molar-refractivity contribution in [1.29, 1.82) is 0 Å². The van der Waals surface area contributed by atoms with Crippen molar-refractivity contribution in [3.8, 4) is 11.4 Å². The molecule has 0 fully saturated rings. The average molecular weight is 439 g/mol. The Kier molecular flexibility index (Phi) is 6.01. The lowest BCUT2D eigenvalue weighted by molar-refractivity contribution is -0.137. The first-order valence-corrected chi connectivity index (χ1v) is 8.82. The number of carbonyl (C=O) groups is 2. The fourth-order valence-electron chi connectivity index (χ4n) is 2.47. The second kappa shape index (κ2) is 8.49. The zero-order valence-electron chi connectivity index (χ0n) is 15.4. The lowest BCUT2D eigenvalue weighted by atomic mass is 10.2. The zero-order chi connectivity index (χ0) is 21.9. The summed E-state index contributed by atoms with van der Waals surface area (Å²) < 4.78 is 38.3. The highest BCUT2D eigenvalue weighted by Crippen LogP contribution is 2.30. The Morgan fingerprint density at radius 2 is 1.90 bits per heavy atom. The van der Waals surface area contributed by atoms with Gasteiger partial charge in [-0.2, -0.15) is 18.0 Å². The van der Waals surface area contributed by atoms with E-state index in [1.54, 1.807) is 12.1 Å². The summed E-state index contributed by atoms with van der Waals surface area (Å²) in [7, 11) is 0. The molecule has 0 saturated heterocycles. The van der Waals surface area contributed by atoms with Gasteiger partial charge in [-0.15, -0.1) is 10.2 Å². The summed E-state index contributed by atoms with van der Waals surface area (Å²) in [6, 6.07) is 8.97. The van der Waals surface area contributed by atoms with Crippen LogP contribution in [0.15, 0.2) is 42.5 Å². The molecule has 0 spiro atoms. The van der Waals surface area contributed by atoms with Gasteiger partial charge in [0.15, 0.2) is 0 Å². The second-order valence-corrected chi connectivity index (χ2v) is 6.55. The standard InChI is InChI=1S/C18H14ClF3N6O2/c1-10(29)23-15-6-5-11(7-14(15)19)17-25-27-28(26-17)9-16(30)24-13-4-2-3-12(8-13)18(20,21)22/h2-8H,9H2,1H3,(H,23,29)(H,24,30). The highest BCUT2D eigenvalue weighted by atomic mass is 35.5. The van der Waals surface area contributed by atoms with Crippen molar-refractivity contribution in [3.63, 3.8) is 0 Å². The number of nitrogens with one attached hydrogen (secondary N) is 2. The number of amides is 2. The average Bonchev–Trinajstić information content (AvgIpc) is 3.11. The second-order valence-electron chi connectivity index (χ2n) is 6.15. The normalized spacial score (nSPS) is 11.2. The third kappa shape index (κ3) is 5.32. The van der Waals surface area contributed by atoms with Crippen LogP contribution in [0.3, 0.4) is 0 Å². The number of anilines is 2. The maximum atomic E-state index is 12.8. The topological polar surface area (TPSA) is 102 Å². The largest absolute Gasteiger partial charge is 0.416 e. The zero-order valence-corrected chi connectivity index (χ0v) is 16.1. The molecule has 0 saturated carbocycles. The Hall–Kier alpha value is -3.47. The van der Waals surface area contributed by atoms with Crippen molar-refractivity contribution in [2.75, 3.05) is 10.6 Å². The van der Waals surface area contributed by atoms with E-state index in [0.29, 0.717) is 11.3 Å². The van der Waals surface area contributed by atoms with Crippen molar-refractivity contribution >= 4 is 34.8 Å². The van der Waals surface area contributed by atoms with E-state index in [0.717, 1.165) is 16.9 Å². The number of rotatable bonds is 5. The van der Waals surface area contributed by atoms with Crippen LogP contribution in [-0.2, 0) is 22.3 Å². The molecule has 0 aliphatic rings. The fourth-order valence-corrected chi connectivity index (χ4v) is 2.70. The number of tetrazole rings is 1. The van der Waals surface area contributed by atoms with Gasteiger partial charge in [0.1, 0.15) is 6.54 Å². The van der Waals surface area contributed by atoms with Crippen LogP contribution in [-0.4, -0.2) is 32.0 Å². The first-order valence-electron chi connectivity index (χ1n) is 8.44. The van der Waals surface area contributed by atoms with Gasteiger partial charge in [-0.3, -0.25) is 9.59 Å². The highest BCUT2D eigenvalue weighted by molar-refractivity contribution is 6.34. The number of carbonyl (C=O) groups excluding carboxylic acids is 2. The van der Waals surface area contributed by atoms with Gasteiger partial charge in [0.05, 0.1) is 16.3 Å². The van der Waals surface area contributed by atoms with Crippen LogP contribution in [0, 0.1) is 0 Å². The maximum Gasteiger partial charge on any atom is 0.416 e. The molecule has 156 valence electrons. The Morgan fingerprint density at radius 1 is 1.13 bits per heavy atom. The molecule has 0 aliphatic carbocycles. The summed E-state index contributed by atoms with van der Waals surface area (Å²) in [5.41, 5.74) is 0.0379. The van der Waals surface area contributed by atoms with E-state index in [2.05, 4.69) is 26.0 Å². The van der Waals surface area contributed by atoms with Crippen molar-refractivity contribution < 1.29 is 22.8 Å². The number of alkyl halides is 3. The van der Waals surface area contributed by atoms with E-state index in [4.69, 9.17) is 11.6 Å². The van der Waals surface area contributed by atoms with Crippen LogP contribution in [0.5, 0.6) is 0 Å². The molecular formula is C18H14ClF3N6O2. The number of nitrogens with zero attached hydrogens (tertiary/aromatic N) is 4. The first kappa shape index (κ1) is 21.2. The summed E-state index contributed by atoms with van der Waals surface area (Å²) in [6.45, 7) is 0.989. The van der Waals surface area contributed by atoms with Crippen LogP contribution in [0.25, 0.3) is 11.4 Å². The van der Waals surface area contributed by atoms with Gasteiger partial charge in [-0.05, 0) is 41.6 Å². The molecule has 0 atom stereocenters. The summed E-state index contributed by atoms with van der Waals surface area (Å²) in [5.74, 6) is -0.726.